The summed E-state index contributed by atoms with van der Waals surface area (Å²) in [6.45, 7) is 0.137. The first-order chi connectivity index (χ1) is 9.11. The number of nitrogens with zero attached hydrogens (tertiary/aromatic N) is 2. The molecule has 1 aliphatic rings. The van der Waals surface area contributed by atoms with Gasteiger partial charge in [0.15, 0.2) is 5.84 Å². The van der Waals surface area contributed by atoms with E-state index in [0.717, 1.165) is 17.7 Å². The molecule has 1 heterocycles. The molecule has 0 atom stereocenters. The molecule has 0 aromatic carbocycles. The molecule has 2 rings (SSSR count). The van der Waals surface area contributed by atoms with Crippen molar-refractivity contribution < 1.29 is 10.0 Å². The number of oxime groups is 1. The Balaban J connectivity index is 2.11. The number of amides is 1. The number of rotatable bonds is 3. The summed E-state index contributed by atoms with van der Waals surface area (Å²) in [5, 5.41) is 11.4. The van der Waals surface area contributed by atoms with E-state index in [9.17, 15) is 4.79 Å². The third kappa shape index (κ3) is 3.26. The number of likely N-dealkylation sites (N-methyl/N-ethyl adjacent to an activating group) is 1. The van der Waals surface area contributed by atoms with Crippen molar-refractivity contribution in [1.29, 1.82) is 0 Å². The summed E-state index contributed by atoms with van der Waals surface area (Å²) in [6.07, 6.45) is 5.84. The number of aryl methyl sites for hydroxylation is 2. The maximum atomic E-state index is 12.2. The third-order valence-electron chi connectivity index (χ3n) is 3.33. The molecule has 1 aromatic rings. The van der Waals surface area contributed by atoms with Crippen LogP contribution in [0.2, 0.25) is 0 Å². The fraction of sp³-hybridized carbons (Fsp3) is 0.538. The Morgan fingerprint density at radius 3 is 2.95 bits per heavy atom. The van der Waals surface area contributed by atoms with E-state index in [2.05, 4.69) is 5.16 Å². The van der Waals surface area contributed by atoms with E-state index < -0.39 is 0 Å². The lowest BCUT2D eigenvalue weighted by Crippen LogP contribution is -2.35. The van der Waals surface area contributed by atoms with Crippen molar-refractivity contribution in [2.75, 3.05) is 13.6 Å². The molecule has 0 unspecified atom stereocenters. The summed E-state index contributed by atoms with van der Waals surface area (Å²) in [6, 6.07) is 2.01. The van der Waals surface area contributed by atoms with E-state index in [0.29, 0.717) is 0 Å². The van der Waals surface area contributed by atoms with Gasteiger partial charge in [0, 0.05) is 11.9 Å². The van der Waals surface area contributed by atoms with Gasteiger partial charge in [-0.3, -0.25) is 4.79 Å². The van der Waals surface area contributed by atoms with Crippen molar-refractivity contribution in [3.8, 4) is 0 Å². The quantitative estimate of drug-likeness (QED) is 0.292. The first-order valence-electron chi connectivity index (χ1n) is 6.45. The van der Waals surface area contributed by atoms with Gasteiger partial charge in [0.25, 0.3) is 5.91 Å². The minimum absolute atomic E-state index is 0.0361. The fourth-order valence-electron chi connectivity index (χ4n) is 2.31. The standard InChI is InChI=1S/C13H19N3O2S/c1-16(8-12(14)15-18)13(17)11-7-9-5-3-2-4-6-10(9)19-11/h7,18H,2-6,8H2,1H3,(H2,14,15). The Morgan fingerprint density at radius 1 is 1.47 bits per heavy atom. The minimum Gasteiger partial charge on any atom is -0.409 e. The first kappa shape index (κ1) is 13.9. The highest BCUT2D eigenvalue weighted by molar-refractivity contribution is 7.14. The number of thiophene rings is 1. The maximum Gasteiger partial charge on any atom is 0.264 e. The Labute approximate surface area is 116 Å². The molecule has 0 radical (unpaired) electrons. The normalized spacial score (nSPS) is 15.7. The summed E-state index contributed by atoms with van der Waals surface area (Å²) >= 11 is 1.59. The largest absolute Gasteiger partial charge is 0.409 e. The zero-order valence-corrected chi connectivity index (χ0v) is 11.9. The highest BCUT2D eigenvalue weighted by Crippen LogP contribution is 2.29. The molecule has 104 valence electrons. The Morgan fingerprint density at radius 2 is 2.21 bits per heavy atom. The molecule has 0 saturated heterocycles. The van der Waals surface area contributed by atoms with Crippen molar-refractivity contribution >= 4 is 23.1 Å². The zero-order valence-electron chi connectivity index (χ0n) is 11.1. The van der Waals surface area contributed by atoms with Crippen LogP contribution in [0.3, 0.4) is 0 Å². The smallest absolute Gasteiger partial charge is 0.264 e. The number of hydrogen-bond acceptors (Lipinski definition) is 4. The highest BCUT2D eigenvalue weighted by Gasteiger charge is 2.19. The molecular formula is C13H19N3O2S. The van der Waals surface area contributed by atoms with Crippen LogP contribution < -0.4 is 5.73 Å². The van der Waals surface area contributed by atoms with Crippen LogP contribution in [0.5, 0.6) is 0 Å². The van der Waals surface area contributed by atoms with Crippen LogP contribution in [-0.2, 0) is 12.8 Å². The summed E-state index contributed by atoms with van der Waals surface area (Å²) in [5.74, 6) is -0.0290. The fourth-order valence-corrected chi connectivity index (χ4v) is 3.56. The molecule has 6 heteroatoms. The van der Waals surface area contributed by atoms with Gasteiger partial charge in [-0.05, 0) is 37.3 Å². The van der Waals surface area contributed by atoms with Gasteiger partial charge in [-0.2, -0.15) is 0 Å². The highest BCUT2D eigenvalue weighted by atomic mass is 32.1. The Hall–Kier alpha value is -1.56. The lowest BCUT2D eigenvalue weighted by atomic mass is 10.1. The van der Waals surface area contributed by atoms with Gasteiger partial charge in [0.05, 0.1) is 11.4 Å². The van der Waals surface area contributed by atoms with Crippen molar-refractivity contribution in [2.45, 2.75) is 32.1 Å². The van der Waals surface area contributed by atoms with E-state index in [4.69, 9.17) is 10.9 Å². The van der Waals surface area contributed by atoms with Crippen molar-refractivity contribution in [3.63, 3.8) is 0 Å². The SMILES string of the molecule is CN(CC(N)=NO)C(=O)c1cc2c(s1)CCCCC2. The number of hydrogen-bond donors (Lipinski definition) is 2. The second-order valence-corrected chi connectivity index (χ2v) is 6.01. The van der Waals surface area contributed by atoms with E-state index in [1.165, 1.54) is 34.6 Å². The second-order valence-electron chi connectivity index (χ2n) is 4.87. The summed E-state index contributed by atoms with van der Waals surface area (Å²) < 4.78 is 0. The van der Waals surface area contributed by atoms with Crippen molar-refractivity contribution in [2.24, 2.45) is 10.9 Å². The summed E-state index contributed by atoms with van der Waals surface area (Å²) in [5.41, 5.74) is 6.74. The van der Waals surface area contributed by atoms with Gasteiger partial charge in [-0.25, -0.2) is 0 Å². The molecular weight excluding hydrogens is 262 g/mol. The predicted molar refractivity (Wildman–Crippen MR) is 75.9 cm³/mol. The van der Waals surface area contributed by atoms with Gasteiger partial charge in [0.2, 0.25) is 0 Å². The minimum atomic E-state index is -0.0651. The zero-order chi connectivity index (χ0) is 13.8. The Kier molecular flexibility index (Phi) is 4.42. The number of amidine groups is 1. The molecule has 1 amide bonds. The number of nitrogens with two attached hydrogens (primary N) is 1. The Bertz CT molecular complexity index is 473. The van der Waals surface area contributed by atoms with Crippen LogP contribution in [0.1, 0.15) is 39.4 Å². The maximum absolute atomic E-state index is 12.2. The monoisotopic (exact) mass is 281 g/mol. The molecule has 0 bridgehead atoms. The van der Waals surface area contributed by atoms with Crippen LogP contribution in [0.25, 0.3) is 0 Å². The van der Waals surface area contributed by atoms with E-state index in [-0.39, 0.29) is 18.3 Å². The second kappa shape index (κ2) is 6.06. The lowest BCUT2D eigenvalue weighted by molar-refractivity contribution is 0.0818. The van der Waals surface area contributed by atoms with Gasteiger partial charge in [-0.15, -0.1) is 11.3 Å². The molecule has 3 N–H and O–H groups in total. The molecule has 19 heavy (non-hydrogen) atoms. The number of carbonyl (C=O) groups is 1. The average Bonchev–Trinajstić information content (AvgIpc) is 2.68. The van der Waals surface area contributed by atoms with Gasteiger partial charge in [-0.1, -0.05) is 11.6 Å². The van der Waals surface area contributed by atoms with Gasteiger partial charge >= 0.3 is 0 Å². The van der Waals surface area contributed by atoms with Gasteiger partial charge in [0.1, 0.15) is 0 Å². The van der Waals surface area contributed by atoms with Crippen LogP contribution in [0.4, 0.5) is 0 Å². The lowest BCUT2D eigenvalue weighted by Gasteiger charge is -2.14. The molecule has 0 aliphatic heterocycles. The summed E-state index contributed by atoms with van der Waals surface area (Å²) in [7, 11) is 1.66. The molecule has 0 fully saturated rings. The third-order valence-corrected chi connectivity index (χ3v) is 4.56. The molecule has 5 nitrogen and oxygen atoms in total. The molecule has 0 saturated carbocycles. The van der Waals surface area contributed by atoms with Crippen molar-refractivity contribution in [3.05, 3.63) is 21.4 Å². The van der Waals surface area contributed by atoms with Crippen molar-refractivity contribution in [1.82, 2.24) is 4.90 Å². The molecule has 1 aromatic heterocycles. The molecule has 1 aliphatic carbocycles. The van der Waals surface area contributed by atoms with Crippen LogP contribution in [0, 0.1) is 0 Å². The van der Waals surface area contributed by atoms with Crippen LogP contribution in [0.15, 0.2) is 11.2 Å². The van der Waals surface area contributed by atoms with E-state index in [1.807, 2.05) is 6.07 Å². The topological polar surface area (TPSA) is 78.9 Å². The first-order valence-corrected chi connectivity index (χ1v) is 7.27. The van der Waals surface area contributed by atoms with E-state index >= 15 is 0 Å². The van der Waals surface area contributed by atoms with Crippen LogP contribution >= 0.6 is 11.3 Å². The number of fused-ring (bicyclic) bond motifs is 1. The average molecular weight is 281 g/mol. The number of carbonyl (C=O) groups excluding carboxylic acids is 1. The van der Waals surface area contributed by atoms with Gasteiger partial charge < -0.3 is 15.8 Å². The summed E-state index contributed by atoms with van der Waals surface area (Å²) in [4.78, 5) is 15.8. The predicted octanol–water partition coefficient (Wildman–Crippen LogP) is 1.84. The van der Waals surface area contributed by atoms with E-state index in [1.54, 1.807) is 18.4 Å². The van der Waals surface area contributed by atoms with Crippen LogP contribution in [-0.4, -0.2) is 35.4 Å². The molecule has 0 spiro atoms.